The first-order valence-corrected chi connectivity index (χ1v) is 13.2. The Morgan fingerprint density at radius 2 is 1.56 bits per heavy atom. The van der Waals surface area contributed by atoms with Crippen LogP contribution in [-0.4, -0.2) is 48.9 Å². The molecule has 39 heavy (non-hydrogen) atoms. The van der Waals surface area contributed by atoms with Crippen molar-refractivity contribution < 1.29 is 33.4 Å². The minimum absolute atomic E-state index is 0.0355. The maximum atomic E-state index is 13.3. The van der Waals surface area contributed by atoms with Gasteiger partial charge in [0.2, 0.25) is 11.8 Å². The third-order valence-electron chi connectivity index (χ3n) is 7.08. The molecule has 1 aliphatic heterocycles. The van der Waals surface area contributed by atoms with Crippen LogP contribution in [0.5, 0.6) is 0 Å². The van der Waals surface area contributed by atoms with E-state index in [1.807, 2.05) is 34.6 Å². The number of amides is 4. The van der Waals surface area contributed by atoms with Gasteiger partial charge in [-0.25, -0.2) is 14.5 Å². The van der Waals surface area contributed by atoms with Crippen molar-refractivity contribution in [2.45, 2.75) is 60.0 Å². The molecule has 1 saturated heterocycles. The molecule has 0 aliphatic carbocycles. The highest BCUT2D eigenvalue weighted by Gasteiger charge is 2.41. The van der Waals surface area contributed by atoms with Gasteiger partial charge in [-0.2, -0.15) is 0 Å². The molecule has 1 aliphatic rings. The minimum Gasteiger partial charge on any atom is -0.460 e. The zero-order valence-corrected chi connectivity index (χ0v) is 23.1. The number of anilines is 1. The Hall–Kier alpha value is -3.85. The zero-order valence-electron chi connectivity index (χ0n) is 23.1. The molecular weight excluding hydrogens is 500 g/mol. The number of rotatable bonds is 12. The first-order valence-electron chi connectivity index (χ1n) is 13.2. The van der Waals surface area contributed by atoms with Gasteiger partial charge in [0.1, 0.15) is 12.5 Å². The van der Waals surface area contributed by atoms with Gasteiger partial charge in [0.15, 0.2) is 5.78 Å². The molecule has 0 spiro atoms. The lowest BCUT2D eigenvalue weighted by molar-refractivity contribution is -0.134. The van der Waals surface area contributed by atoms with Gasteiger partial charge in [-0.1, -0.05) is 39.8 Å². The summed E-state index contributed by atoms with van der Waals surface area (Å²) in [6.45, 7) is 10.1. The summed E-state index contributed by atoms with van der Waals surface area (Å²) >= 11 is 0. The fourth-order valence-electron chi connectivity index (χ4n) is 3.95. The van der Waals surface area contributed by atoms with Crippen molar-refractivity contribution in [1.82, 2.24) is 5.32 Å². The number of carbonyl (C=O) groups excluding carboxylic acids is 5. The van der Waals surface area contributed by atoms with E-state index in [2.05, 4.69) is 5.32 Å². The van der Waals surface area contributed by atoms with Crippen molar-refractivity contribution in [3.05, 3.63) is 65.2 Å². The van der Waals surface area contributed by atoms with E-state index in [0.717, 1.165) is 11.3 Å². The Kier molecular flexibility index (Phi) is 9.75. The number of urea groups is 1. The highest BCUT2D eigenvalue weighted by Crippen LogP contribution is 2.28. The Balaban J connectivity index is 1.67. The Labute approximate surface area is 228 Å². The van der Waals surface area contributed by atoms with Crippen LogP contribution in [0.1, 0.15) is 73.7 Å². The van der Waals surface area contributed by atoms with Crippen molar-refractivity contribution in [2.75, 3.05) is 18.1 Å². The topological polar surface area (TPSA) is 119 Å². The second-order valence-electron chi connectivity index (χ2n) is 10.3. The summed E-state index contributed by atoms with van der Waals surface area (Å²) in [7, 11) is 0. The number of Topliss-reactive ketones (excluding diaryl/α,β-unsaturated/α-hetero) is 1. The predicted molar refractivity (Wildman–Crippen MR) is 145 cm³/mol. The molecule has 2 unspecified atom stereocenters. The second-order valence-corrected chi connectivity index (χ2v) is 10.3. The van der Waals surface area contributed by atoms with Crippen LogP contribution in [-0.2, 0) is 25.5 Å². The minimum atomic E-state index is -1.14. The number of hydrogen-bond donors (Lipinski definition) is 1. The summed E-state index contributed by atoms with van der Waals surface area (Å²) in [6.07, 6.45) is 1.66. The number of nitrogens with one attached hydrogen (secondary N) is 1. The molecular formula is C30H36N2O7. The quantitative estimate of drug-likeness (QED) is 0.180. The van der Waals surface area contributed by atoms with Crippen LogP contribution in [0, 0.1) is 11.3 Å². The molecule has 0 saturated carbocycles. The largest absolute Gasteiger partial charge is 0.460 e. The van der Waals surface area contributed by atoms with E-state index >= 15 is 0 Å². The lowest BCUT2D eigenvalue weighted by Gasteiger charge is -2.30. The summed E-state index contributed by atoms with van der Waals surface area (Å²) in [5.41, 5.74) is 1.17. The van der Waals surface area contributed by atoms with Crippen molar-refractivity contribution in [2.24, 2.45) is 11.3 Å². The van der Waals surface area contributed by atoms with Crippen molar-refractivity contribution in [3.8, 4) is 0 Å². The molecule has 1 N–H and O–H groups in total. The predicted octanol–water partition coefficient (Wildman–Crippen LogP) is 4.72. The summed E-state index contributed by atoms with van der Waals surface area (Å²) in [5, 5.41) is 2.24. The highest BCUT2D eigenvalue weighted by atomic mass is 16.6. The number of esters is 1. The van der Waals surface area contributed by atoms with Gasteiger partial charge in [-0.05, 0) is 68.1 Å². The molecule has 9 nitrogen and oxygen atoms in total. The maximum Gasteiger partial charge on any atom is 0.338 e. The van der Waals surface area contributed by atoms with Crippen LogP contribution in [0.15, 0.2) is 48.5 Å². The number of hydrogen-bond acceptors (Lipinski definition) is 7. The number of ketones is 1. The standard InChI is InChI=1S/C30H36N2O7/c1-6-19(3)38-16-17-39-28(36)22-10-8-20(9-11-22)18-24-26(34)31-29(37)32(27(24)35)23-14-12-21(13-15-23)25(33)30(4,5)7-2/h8-15,19,24H,6-7,16-18H2,1-5H3,(H,31,34,37). The lowest BCUT2D eigenvalue weighted by atomic mass is 9.82. The van der Waals surface area contributed by atoms with E-state index in [-0.39, 0.29) is 30.6 Å². The first-order chi connectivity index (χ1) is 18.5. The van der Waals surface area contributed by atoms with Gasteiger partial charge < -0.3 is 9.47 Å². The number of carbonyl (C=O) groups is 5. The summed E-state index contributed by atoms with van der Waals surface area (Å²) in [6, 6.07) is 11.8. The van der Waals surface area contributed by atoms with E-state index in [1.54, 1.807) is 36.4 Å². The molecule has 0 aromatic heterocycles. The van der Waals surface area contributed by atoms with Crippen molar-refractivity contribution in [3.63, 3.8) is 0 Å². The molecule has 3 rings (SSSR count). The van der Waals surface area contributed by atoms with E-state index in [9.17, 15) is 24.0 Å². The number of imide groups is 2. The van der Waals surface area contributed by atoms with E-state index in [1.165, 1.54) is 12.1 Å². The average molecular weight is 537 g/mol. The SMILES string of the molecule is CCC(C)OCCOC(=O)c1ccc(CC2C(=O)NC(=O)N(c3ccc(C(=O)C(C)(C)CC)cc3)C2=O)cc1. The van der Waals surface area contributed by atoms with Gasteiger partial charge in [0.25, 0.3) is 0 Å². The third kappa shape index (κ3) is 7.17. The fourth-order valence-corrected chi connectivity index (χ4v) is 3.95. The molecule has 2 aromatic rings. The fraction of sp³-hybridized carbons (Fsp3) is 0.433. The monoisotopic (exact) mass is 536 g/mol. The summed E-state index contributed by atoms with van der Waals surface area (Å²) in [5.74, 6) is -3.03. The van der Waals surface area contributed by atoms with Crippen molar-refractivity contribution in [1.29, 1.82) is 0 Å². The Morgan fingerprint density at radius 3 is 2.15 bits per heavy atom. The van der Waals surface area contributed by atoms with E-state index < -0.39 is 35.1 Å². The highest BCUT2D eigenvalue weighted by molar-refractivity contribution is 6.27. The maximum absolute atomic E-state index is 13.3. The number of benzene rings is 2. The van der Waals surface area contributed by atoms with Gasteiger partial charge in [0.05, 0.1) is 24.0 Å². The van der Waals surface area contributed by atoms with Crippen LogP contribution in [0.25, 0.3) is 0 Å². The van der Waals surface area contributed by atoms with Gasteiger partial charge in [-0.15, -0.1) is 0 Å². The summed E-state index contributed by atoms with van der Waals surface area (Å²) < 4.78 is 10.7. The smallest absolute Gasteiger partial charge is 0.338 e. The van der Waals surface area contributed by atoms with Gasteiger partial charge in [-0.3, -0.25) is 19.7 Å². The van der Waals surface area contributed by atoms with Crippen molar-refractivity contribution >= 4 is 35.3 Å². The van der Waals surface area contributed by atoms with Crippen LogP contribution < -0.4 is 10.2 Å². The van der Waals surface area contributed by atoms with E-state index in [0.29, 0.717) is 29.7 Å². The van der Waals surface area contributed by atoms with Crippen LogP contribution in [0.2, 0.25) is 0 Å². The molecule has 0 bridgehead atoms. The number of ether oxygens (including phenoxy) is 2. The normalized spacial score (nSPS) is 16.6. The number of nitrogens with zero attached hydrogens (tertiary/aromatic N) is 1. The molecule has 4 amide bonds. The zero-order chi connectivity index (χ0) is 28.7. The third-order valence-corrected chi connectivity index (χ3v) is 7.08. The van der Waals surface area contributed by atoms with Gasteiger partial charge in [0, 0.05) is 11.0 Å². The lowest BCUT2D eigenvalue weighted by Crippen LogP contribution is -2.58. The van der Waals surface area contributed by atoms with Crippen LogP contribution in [0.3, 0.4) is 0 Å². The average Bonchev–Trinajstić information content (AvgIpc) is 2.93. The molecule has 0 radical (unpaired) electrons. The number of barbiturate groups is 1. The van der Waals surface area contributed by atoms with Crippen LogP contribution >= 0.6 is 0 Å². The molecule has 1 heterocycles. The molecule has 9 heteroatoms. The Bertz CT molecular complexity index is 1220. The second kappa shape index (κ2) is 12.8. The molecule has 208 valence electrons. The summed E-state index contributed by atoms with van der Waals surface area (Å²) in [4.78, 5) is 64.3. The Morgan fingerprint density at radius 1 is 0.949 bits per heavy atom. The molecule has 2 atom stereocenters. The molecule has 1 fully saturated rings. The molecule has 2 aromatic carbocycles. The van der Waals surface area contributed by atoms with E-state index in [4.69, 9.17) is 9.47 Å². The first kappa shape index (κ1) is 29.7. The van der Waals surface area contributed by atoms with Gasteiger partial charge >= 0.3 is 12.0 Å². The van der Waals surface area contributed by atoms with Crippen LogP contribution in [0.4, 0.5) is 10.5 Å².